The van der Waals surface area contributed by atoms with Gasteiger partial charge in [-0.2, -0.15) is 4.31 Å². The van der Waals surface area contributed by atoms with E-state index in [1.165, 1.54) is 40.8 Å². The summed E-state index contributed by atoms with van der Waals surface area (Å²) in [7, 11) is -3.92. The lowest BCUT2D eigenvalue weighted by Gasteiger charge is -2.22. The van der Waals surface area contributed by atoms with Crippen molar-refractivity contribution in [3.05, 3.63) is 88.7 Å². The summed E-state index contributed by atoms with van der Waals surface area (Å²) in [5.74, 6) is 0.358. The summed E-state index contributed by atoms with van der Waals surface area (Å²) >= 11 is 5.92. The van der Waals surface area contributed by atoms with Crippen LogP contribution in [0.1, 0.15) is 34.5 Å². The number of carbonyl (C=O) groups excluding carboxylic acids is 1. The Kier molecular flexibility index (Phi) is 6.97. The largest absolute Gasteiger partial charge is 0.506 e. The third kappa shape index (κ3) is 5.90. The molecule has 1 saturated carbocycles. The third-order valence-electron chi connectivity index (χ3n) is 5.47. The summed E-state index contributed by atoms with van der Waals surface area (Å²) in [5.41, 5.74) is 1.46. The van der Waals surface area contributed by atoms with E-state index in [-0.39, 0.29) is 35.3 Å². The standard InChI is InChI=1S/C24H24ClN3O4S/c25-20-9-11-21(12-10-20)33(31,32)28(16-22-23(29)2-1-13-26-22)15-18-5-7-19(8-6-18)24(30)27-14-17-3-4-17/h1-2,5-13,17,29H,3-4,14-16H2,(H,27,30). The molecule has 0 unspecified atom stereocenters. The molecule has 4 rings (SSSR count). The van der Waals surface area contributed by atoms with Crippen LogP contribution in [0.5, 0.6) is 5.75 Å². The molecule has 1 aromatic heterocycles. The molecular weight excluding hydrogens is 462 g/mol. The summed E-state index contributed by atoms with van der Waals surface area (Å²) in [4.78, 5) is 16.5. The van der Waals surface area contributed by atoms with Crippen LogP contribution in [-0.2, 0) is 23.1 Å². The van der Waals surface area contributed by atoms with E-state index in [1.54, 1.807) is 30.3 Å². The van der Waals surface area contributed by atoms with Gasteiger partial charge in [0.15, 0.2) is 0 Å². The van der Waals surface area contributed by atoms with Crippen molar-refractivity contribution in [3.63, 3.8) is 0 Å². The second kappa shape index (κ2) is 9.91. The Morgan fingerprint density at radius 2 is 1.76 bits per heavy atom. The molecule has 33 heavy (non-hydrogen) atoms. The molecule has 9 heteroatoms. The van der Waals surface area contributed by atoms with Gasteiger partial charge in [-0.25, -0.2) is 8.42 Å². The van der Waals surface area contributed by atoms with Gasteiger partial charge in [0.2, 0.25) is 10.0 Å². The second-order valence-electron chi connectivity index (χ2n) is 8.05. The minimum atomic E-state index is -3.92. The highest BCUT2D eigenvalue weighted by molar-refractivity contribution is 7.89. The number of benzene rings is 2. The number of aromatic hydroxyl groups is 1. The van der Waals surface area contributed by atoms with E-state index in [4.69, 9.17) is 11.6 Å². The first-order chi connectivity index (χ1) is 15.8. The average molecular weight is 486 g/mol. The molecule has 7 nitrogen and oxygen atoms in total. The minimum Gasteiger partial charge on any atom is -0.506 e. The van der Waals surface area contributed by atoms with Crippen molar-refractivity contribution in [3.8, 4) is 5.75 Å². The molecule has 0 aliphatic heterocycles. The molecule has 0 bridgehead atoms. The van der Waals surface area contributed by atoms with Gasteiger partial charge in [0, 0.05) is 29.9 Å². The van der Waals surface area contributed by atoms with Gasteiger partial charge in [0.1, 0.15) is 5.75 Å². The van der Waals surface area contributed by atoms with Gasteiger partial charge in [-0.05, 0) is 72.9 Å². The zero-order valence-electron chi connectivity index (χ0n) is 17.8. The first-order valence-corrected chi connectivity index (χ1v) is 12.4. The highest BCUT2D eigenvalue weighted by Crippen LogP contribution is 2.28. The quantitative estimate of drug-likeness (QED) is 0.477. The fraction of sp³-hybridized carbons (Fsp3) is 0.250. The van der Waals surface area contributed by atoms with Crippen LogP contribution in [0.25, 0.3) is 0 Å². The number of amides is 1. The van der Waals surface area contributed by atoms with E-state index in [2.05, 4.69) is 10.3 Å². The van der Waals surface area contributed by atoms with E-state index >= 15 is 0 Å². The van der Waals surface area contributed by atoms with E-state index in [0.29, 0.717) is 28.6 Å². The van der Waals surface area contributed by atoms with Gasteiger partial charge in [-0.3, -0.25) is 9.78 Å². The predicted molar refractivity (Wildman–Crippen MR) is 125 cm³/mol. The summed E-state index contributed by atoms with van der Waals surface area (Å²) in [6.07, 6.45) is 3.81. The van der Waals surface area contributed by atoms with Crippen molar-refractivity contribution in [1.82, 2.24) is 14.6 Å². The lowest BCUT2D eigenvalue weighted by molar-refractivity contribution is 0.0951. The molecule has 2 aromatic carbocycles. The van der Waals surface area contributed by atoms with Crippen LogP contribution in [0.4, 0.5) is 0 Å². The Hall–Kier alpha value is -2.94. The summed E-state index contributed by atoms with van der Waals surface area (Å²) in [5, 5.41) is 13.5. The number of carbonyl (C=O) groups is 1. The second-order valence-corrected chi connectivity index (χ2v) is 10.4. The lowest BCUT2D eigenvalue weighted by atomic mass is 10.1. The highest BCUT2D eigenvalue weighted by Gasteiger charge is 2.27. The molecule has 1 aliphatic rings. The normalized spacial score (nSPS) is 13.8. The monoisotopic (exact) mass is 485 g/mol. The van der Waals surface area contributed by atoms with Crippen molar-refractivity contribution in [2.75, 3.05) is 6.54 Å². The number of nitrogens with zero attached hydrogens (tertiary/aromatic N) is 2. The average Bonchev–Trinajstić information content (AvgIpc) is 3.64. The lowest BCUT2D eigenvalue weighted by Crippen LogP contribution is -2.30. The first kappa shape index (κ1) is 23.2. The number of rotatable bonds is 9. The molecule has 1 heterocycles. The highest BCUT2D eigenvalue weighted by atomic mass is 35.5. The fourth-order valence-corrected chi connectivity index (χ4v) is 4.84. The maximum Gasteiger partial charge on any atom is 0.251 e. The van der Waals surface area contributed by atoms with Crippen LogP contribution >= 0.6 is 11.6 Å². The van der Waals surface area contributed by atoms with E-state index < -0.39 is 10.0 Å². The molecule has 1 aliphatic carbocycles. The smallest absolute Gasteiger partial charge is 0.251 e. The topological polar surface area (TPSA) is 99.6 Å². The summed E-state index contributed by atoms with van der Waals surface area (Å²) in [6, 6.07) is 15.8. The maximum atomic E-state index is 13.4. The third-order valence-corrected chi connectivity index (χ3v) is 7.52. The fourth-order valence-electron chi connectivity index (χ4n) is 3.33. The van der Waals surface area contributed by atoms with E-state index in [9.17, 15) is 18.3 Å². The molecule has 172 valence electrons. The Morgan fingerprint density at radius 3 is 2.39 bits per heavy atom. The molecular formula is C24H24ClN3O4S. The van der Waals surface area contributed by atoms with E-state index in [0.717, 1.165) is 12.8 Å². The van der Waals surface area contributed by atoms with Crippen LogP contribution in [0.3, 0.4) is 0 Å². The number of sulfonamides is 1. The van der Waals surface area contributed by atoms with Gasteiger partial charge in [0.05, 0.1) is 17.1 Å². The molecule has 0 atom stereocenters. The van der Waals surface area contributed by atoms with Crippen molar-refractivity contribution in [1.29, 1.82) is 0 Å². The number of nitrogens with one attached hydrogen (secondary N) is 1. The van der Waals surface area contributed by atoms with Gasteiger partial charge in [0.25, 0.3) is 5.91 Å². The van der Waals surface area contributed by atoms with Crippen LogP contribution in [0, 0.1) is 5.92 Å². The van der Waals surface area contributed by atoms with Gasteiger partial charge >= 0.3 is 0 Å². The molecule has 0 radical (unpaired) electrons. The number of pyridine rings is 1. The van der Waals surface area contributed by atoms with Crippen LogP contribution < -0.4 is 5.32 Å². The maximum absolute atomic E-state index is 13.4. The summed E-state index contributed by atoms with van der Waals surface area (Å²) in [6.45, 7) is 0.591. The molecule has 1 amide bonds. The van der Waals surface area contributed by atoms with Gasteiger partial charge in [-0.1, -0.05) is 23.7 Å². The van der Waals surface area contributed by atoms with Crippen molar-refractivity contribution in [2.45, 2.75) is 30.8 Å². The number of aromatic nitrogens is 1. The van der Waals surface area contributed by atoms with Crippen LogP contribution in [0.2, 0.25) is 5.02 Å². The molecule has 2 N–H and O–H groups in total. The SMILES string of the molecule is O=C(NCC1CC1)c1ccc(CN(Cc2ncccc2O)S(=O)(=O)c2ccc(Cl)cc2)cc1. The zero-order chi connectivity index (χ0) is 23.4. The van der Waals surface area contributed by atoms with Crippen molar-refractivity contribution < 1.29 is 18.3 Å². The predicted octanol–water partition coefficient (Wildman–Crippen LogP) is 3.97. The van der Waals surface area contributed by atoms with Crippen LogP contribution in [-0.4, -0.2) is 35.3 Å². The summed E-state index contributed by atoms with van der Waals surface area (Å²) < 4.78 is 28.0. The zero-order valence-corrected chi connectivity index (χ0v) is 19.4. The molecule has 0 spiro atoms. The molecule has 0 saturated heterocycles. The number of hydrogen-bond acceptors (Lipinski definition) is 5. The van der Waals surface area contributed by atoms with Crippen molar-refractivity contribution in [2.24, 2.45) is 5.92 Å². The molecule has 1 fully saturated rings. The Balaban J connectivity index is 1.57. The molecule has 3 aromatic rings. The Morgan fingerprint density at radius 1 is 1.06 bits per heavy atom. The van der Waals surface area contributed by atoms with Gasteiger partial charge < -0.3 is 10.4 Å². The van der Waals surface area contributed by atoms with E-state index in [1.807, 2.05) is 0 Å². The Bertz CT molecular complexity index is 1230. The minimum absolute atomic E-state index is 0.0327. The van der Waals surface area contributed by atoms with Crippen molar-refractivity contribution >= 4 is 27.5 Å². The first-order valence-electron chi connectivity index (χ1n) is 10.6. The Labute approximate surface area is 198 Å². The van der Waals surface area contributed by atoms with Crippen LogP contribution in [0.15, 0.2) is 71.8 Å². The number of halogens is 1. The number of hydrogen-bond donors (Lipinski definition) is 2. The van der Waals surface area contributed by atoms with Gasteiger partial charge in [-0.15, -0.1) is 0 Å².